The van der Waals surface area contributed by atoms with Crippen LogP contribution in [0.1, 0.15) is 149 Å². The van der Waals surface area contributed by atoms with Crippen LogP contribution in [0.3, 0.4) is 0 Å². The molecule has 0 amide bonds. The highest BCUT2D eigenvalue weighted by molar-refractivity contribution is 7.47. The van der Waals surface area contributed by atoms with Gasteiger partial charge in [-0.15, -0.1) is 0 Å². The Labute approximate surface area is 370 Å². The van der Waals surface area contributed by atoms with Gasteiger partial charge in [-0.3, -0.25) is 18.6 Å². The zero-order valence-electron chi connectivity index (χ0n) is 37.2. The zero-order valence-corrected chi connectivity index (χ0v) is 38.1. The van der Waals surface area contributed by atoms with Crippen LogP contribution in [0.5, 0.6) is 0 Å². The van der Waals surface area contributed by atoms with E-state index in [0.717, 1.165) is 64.2 Å². The molecule has 0 bridgehead atoms. The van der Waals surface area contributed by atoms with Crippen molar-refractivity contribution in [1.29, 1.82) is 0 Å². The Hall–Kier alpha value is -2.75. The summed E-state index contributed by atoms with van der Waals surface area (Å²) in [5.41, 5.74) is 0. The second-order valence-electron chi connectivity index (χ2n) is 15.7. The second kappa shape index (κ2) is 36.6. The Balaban J connectivity index is 2.58. The van der Waals surface area contributed by atoms with Crippen LogP contribution in [0.15, 0.2) is 72.9 Å². The van der Waals surface area contributed by atoms with Crippen LogP contribution < -0.4 is 0 Å². The summed E-state index contributed by atoms with van der Waals surface area (Å²) < 4.78 is 33.3. The number of esters is 2. The highest BCUT2D eigenvalue weighted by Gasteiger charge is 2.51. The molecule has 0 spiro atoms. The minimum atomic E-state index is -5.18. The van der Waals surface area contributed by atoms with Crippen molar-refractivity contribution in [3.05, 3.63) is 72.9 Å². The van der Waals surface area contributed by atoms with Crippen LogP contribution in [-0.2, 0) is 32.7 Å². The number of hydrogen-bond acceptors (Lipinski definition) is 13. The third-order valence-electron chi connectivity index (χ3n) is 10.1. The van der Waals surface area contributed by atoms with Crippen LogP contribution in [0.4, 0.5) is 0 Å². The normalized spacial score (nSPS) is 23.0. The van der Waals surface area contributed by atoms with Gasteiger partial charge in [0.25, 0.3) is 0 Å². The third kappa shape index (κ3) is 28.8. The molecular formula is C47H79O14P. The monoisotopic (exact) mass is 899 g/mol. The molecule has 356 valence electrons. The Morgan fingerprint density at radius 1 is 0.597 bits per heavy atom. The second-order valence-corrected chi connectivity index (χ2v) is 17.1. The molecule has 0 aliphatic heterocycles. The summed E-state index contributed by atoms with van der Waals surface area (Å²) in [5.74, 6) is -1.32. The Morgan fingerprint density at radius 2 is 1.11 bits per heavy atom. The van der Waals surface area contributed by atoms with Gasteiger partial charge in [-0.05, 0) is 70.6 Å². The van der Waals surface area contributed by atoms with Crippen LogP contribution >= 0.6 is 7.82 Å². The van der Waals surface area contributed by atoms with Crippen LogP contribution in [0, 0.1) is 0 Å². The molecule has 15 heteroatoms. The molecule has 0 aromatic heterocycles. The Kier molecular flexibility index (Phi) is 33.8. The molecule has 62 heavy (non-hydrogen) atoms. The maximum atomic E-state index is 12.8. The van der Waals surface area contributed by atoms with Crippen molar-refractivity contribution in [1.82, 2.24) is 0 Å². The lowest BCUT2D eigenvalue weighted by Crippen LogP contribution is -2.64. The van der Waals surface area contributed by atoms with E-state index in [-0.39, 0.29) is 25.7 Å². The molecule has 0 heterocycles. The van der Waals surface area contributed by atoms with E-state index in [2.05, 4.69) is 62.5 Å². The summed E-state index contributed by atoms with van der Waals surface area (Å²) in [6.07, 6.45) is 28.3. The first kappa shape index (κ1) is 57.3. The molecule has 9 atom stereocenters. The number of aliphatic hydroxyl groups is 6. The topological polar surface area (TPSA) is 230 Å². The first-order valence-electron chi connectivity index (χ1n) is 22.8. The molecular weight excluding hydrogens is 819 g/mol. The fourth-order valence-corrected chi connectivity index (χ4v) is 7.40. The van der Waals surface area contributed by atoms with Gasteiger partial charge in [0, 0.05) is 12.8 Å². The number of phosphoric acid groups is 1. The molecule has 0 radical (unpaired) electrons. The summed E-state index contributed by atoms with van der Waals surface area (Å²) in [6.45, 7) is 2.99. The lowest BCUT2D eigenvalue weighted by Gasteiger charge is -2.41. The zero-order chi connectivity index (χ0) is 45.9. The number of carbonyl (C=O) groups is 2. The molecule has 1 saturated carbocycles. The van der Waals surface area contributed by atoms with E-state index in [1.807, 2.05) is 12.2 Å². The maximum absolute atomic E-state index is 12.8. The standard InChI is InChI=1S/C47H79O14P/c1-3-5-7-9-11-13-15-17-18-20-22-24-26-28-30-34-40(49)58-36-39(37-59-62(56,57)61-47-45(54)43(52)42(51)44(53)46(47)55)60-41(50)35-31-33-38(48)32-29-27-25-23-21-19-16-14-12-10-8-6-4-2/h5,7,11,13,17-19,21,25,27,29,32,38-39,42-48,51-55H,3-4,6,8-10,12,14-16,20,22-24,26,28,30-31,33-37H2,1-2H3,(H,56,57)/b7-5-,13-11-,18-17-,21-19+,27-25+,32-29+/t38?,39-,42?,43-,44+,45-,46-,47?/m1/s1. The van der Waals surface area contributed by atoms with E-state index in [9.17, 15) is 49.7 Å². The van der Waals surface area contributed by atoms with Crippen molar-refractivity contribution in [2.75, 3.05) is 13.2 Å². The number of ether oxygens (including phenoxy) is 2. The van der Waals surface area contributed by atoms with E-state index in [4.69, 9.17) is 18.5 Å². The van der Waals surface area contributed by atoms with Crippen LogP contribution in [0.25, 0.3) is 0 Å². The molecule has 1 fully saturated rings. The maximum Gasteiger partial charge on any atom is 0.472 e. The van der Waals surface area contributed by atoms with Gasteiger partial charge in [-0.25, -0.2) is 4.57 Å². The highest BCUT2D eigenvalue weighted by atomic mass is 31.2. The lowest BCUT2D eigenvalue weighted by atomic mass is 9.85. The van der Waals surface area contributed by atoms with Crippen molar-refractivity contribution < 1.29 is 68.2 Å². The fourth-order valence-electron chi connectivity index (χ4n) is 6.43. The van der Waals surface area contributed by atoms with Gasteiger partial charge in [-0.1, -0.05) is 138 Å². The number of aliphatic hydroxyl groups excluding tert-OH is 6. The average molecular weight is 899 g/mol. The van der Waals surface area contributed by atoms with Crippen molar-refractivity contribution in [3.8, 4) is 0 Å². The van der Waals surface area contributed by atoms with Crippen LogP contribution in [-0.4, -0.2) is 110 Å². The van der Waals surface area contributed by atoms with Crippen LogP contribution in [0.2, 0.25) is 0 Å². The minimum absolute atomic E-state index is 0.104. The number of carbonyl (C=O) groups excluding carboxylic acids is 2. The average Bonchev–Trinajstić information content (AvgIpc) is 3.25. The van der Waals surface area contributed by atoms with Gasteiger partial charge in [0.15, 0.2) is 6.10 Å². The molecule has 1 rings (SSSR count). The van der Waals surface area contributed by atoms with Gasteiger partial charge in [0.05, 0.1) is 12.7 Å². The first-order valence-corrected chi connectivity index (χ1v) is 24.3. The highest BCUT2D eigenvalue weighted by Crippen LogP contribution is 2.47. The van der Waals surface area contributed by atoms with E-state index in [0.29, 0.717) is 6.42 Å². The first-order chi connectivity index (χ1) is 29.8. The number of rotatable bonds is 36. The largest absolute Gasteiger partial charge is 0.472 e. The quantitative estimate of drug-likeness (QED) is 0.0105. The molecule has 7 N–H and O–H groups in total. The van der Waals surface area contributed by atoms with Gasteiger partial charge in [0.1, 0.15) is 43.2 Å². The molecule has 1 aliphatic rings. The number of unbranched alkanes of at least 4 members (excludes halogenated alkanes) is 11. The Morgan fingerprint density at radius 3 is 1.73 bits per heavy atom. The molecule has 14 nitrogen and oxygen atoms in total. The van der Waals surface area contributed by atoms with E-state index >= 15 is 0 Å². The van der Waals surface area contributed by atoms with Gasteiger partial charge in [-0.2, -0.15) is 0 Å². The fraction of sp³-hybridized carbons (Fsp3) is 0.702. The molecule has 0 aromatic carbocycles. The van der Waals surface area contributed by atoms with E-state index < -0.39 is 81.8 Å². The third-order valence-corrected chi connectivity index (χ3v) is 11.1. The lowest BCUT2D eigenvalue weighted by molar-refractivity contribution is -0.220. The van der Waals surface area contributed by atoms with E-state index in [1.165, 1.54) is 38.5 Å². The van der Waals surface area contributed by atoms with Crippen molar-refractivity contribution in [2.24, 2.45) is 0 Å². The molecule has 0 saturated heterocycles. The number of allylic oxidation sites excluding steroid dienone is 11. The molecule has 1 aliphatic carbocycles. The molecule has 4 unspecified atom stereocenters. The van der Waals surface area contributed by atoms with Gasteiger partial charge >= 0.3 is 19.8 Å². The summed E-state index contributed by atoms with van der Waals surface area (Å²) in [6, 6.07) is 0. The predicted octanol–water partition coefficient (Wildman–Crippen LogP) is 7.69. The summed E-state index contributed by atoms with van der Waals surface area (Å²) >= 11 is 0. The van der Waals surface area contributed by atoms with Crippen molar-refractivity contribution in [2.45, 2.75) is 198 Å². The summed E-state index contributed by atoms with van der Waals surface area (Å²) in [5, 5.41) is 60.5. The molecule has 0 aromatic rings. The van der Waals surface area contributed by atoms with E-state index in [1.54, 1.807) is 12.2 Å². The SMILES string of the molecule is CC/C=C\C/C=C\C/C=C\CCCCCCCC(=O)OC[C@H](COP(=O)(O)OC1[C@H](O)[C@H](O)C(O)[C@H](O)[C@H]1O)OC(=O)CCCC(O)/C=C/C=C/C/C=C/CCCCCCCC. The Bertz CT molecular complexity index is 1380. The van der Waals surface area contributed by atoms with Gasteiger partial charge in [0.2, 0.25) is 0 Å². The minimum Gasteiger partial charge on any atom is -0.462 e. The number of hydrogen-bond donors (Lipinski definition) is 7. The predicted molar refractivity (Wildman–Crippen MR) is 241 cm³/mol. The summed E-state index contributed by atoms with van der Waals surface area (Å²) in [7, 11) is -5.18. The van der Waals surface area contributed by atoms with Gasteiger partial charge < -0.3 is 45.0 Å². The van der Waals surface area contributed by atoms with Crippen molar-refractivity contribution in [3.63, 3.8) is 0 Å². The summed E-state index contributed by atoms with van der Waals surface area (Å²) in [4.78, 5) is 35.7. The van der Waals surface area contributed by atoms with Crippen molar-refractivity contribution >= 4 is 19.8 Å². The smallest absolute Gasteiger partial charge is 0.462 e. The number of phosphoric ester groups is 1.